The first-order chi connectivity index (χ1) is 7.94. The van der Waals surface area contributed by atoms with E-state index >= 15 is 0 Å². The standard InChI is InChI=1S/C11H12ClF3N2/c12-8-3-4-16-9(5-8)6-17(10-1-2-10)7-11(13,14)15/h3-5,10H,1-2,6-7H2. The molecule has 0 spiro atoms. The molecule has 1 aliphatic carbocycles. The average Bonchev–Trinajstić information content (AvgIpc) is 2.97. The van der Waals surface area contributed by atoms with Gasteiger partial charge < -0.3 is 0 Å². The van der Waals surface area contributed by atoms with Crippen molar-refractivity contribution in [3.05, 3.63) is 29.0 Å². The van der Waals surface area contributed by atoms with Gasteiger partial charge in [-0.2, -0.15) is 13.2 Å². The van der Waals surface area contributed by atoms with Gasteiger partial charge in [0.05, 0.1) is 12.2 Å². The van der Waals surface area contributed by atoms with Crippen molar-refractivity contribution in [2.45, 2.75) is 31.6 Å². The second-order valence-electron chi connectivity index (χ2n) is 4.22. The first kappa shape index (κ1) is 12.6. The van der Waals surface area contributed by atoms with Gasteiger partial charge in [-0.25, -0.2) is 0 Å². The molecule has 0 radical (unpaired) electrons. The maximum absolute atomic E-state index is 12.4. The van der Waals surface area contributed by atoms with Crippen LogP contribution in [0.4, 0.5) is 13.2 Å². The Labute approximate surface area is 102 Å². The van der Waals surface area contributed by atoms with Crippen molar-refractivity contribution in [3.63, 3.8) is 0 Å². The van der Waals surface area contributed by atoms with E-state index in [1.165, 1.54) is 11.1 Å². The summed E-state index contributed by atoms with van der Waals surface area (Å²) >= 11 is 5.78. The van der Waals surface area contributed by atoms with Gasteiger partial charge in [-0.3, -0.25) is 9.88 Å². The SMILES string of the molecule is FC(F)(F)CN(Cc1cc(Cl)ccn1)C1CC1. The van der Waals surface area contributed by atoms with Gasteiger partial charge in [-0.15, -0.1) is 0 Å². The fourth-order valence-corrected chi connectivity index (χ4v) is 1.91. The number of alkyl halides is 3. The number of nitrogens with zero attached hydrogens (tertiary/aromatic N) is 2. The summed E-state index contributed by atoms with van der Waals surface area (Å²) in [6.07, 6.45) is -0.995. The molecule has 1 saturated carbocycles. The van der Waals surface area contributed by atoms with Gasteiger partial charge in [0.2, 0.25) is 0 Å². The van der Waals surface area contributed by atoms with Crippen LogP contribution < -0.4 is 0 Å². The van der Waals surface area contributed by atoms with Gasteiger partial charge in [0.25, 0.3) is 0 Å². The maximum Gasteiger partial charge on any atom is 0.401 e. The lowest BCUT2D eigenvalue weighted by atomic mass is 10.3. The lowest BCUT2D eigenvalue weighted by molar-refractivity contribution is -0.148. The maximum atomic E-state index is 12.4. The molecule has 0 saturated heterocycles. The van der Waals surface area contributed by atoms with Crippen LogP contribution in [-0.4, -0.2) is 28.6 Å². The molecule has 17 heavy (non-hydrogen) atoms. The van der Waals surface area contributed by atoms with Gasteiger partial charge in [-0.05, 0) is 25.0 Å². The lowest BCUT2D eigenvalue weighted by Gasteiger charge is -2.22. The summed E-state index contributed by atoms with van der Waals surface area (Å²) in [6, 6.07) is 3.25. The van der Waals surface area contributed by atoms with E-state index in [1.807, 2.05) is 0 Å². The minimum absolute atomic E-state index is 0.0393. The molecular formula is C11H12ClF3N2. The molecule has 1 aromatic rings. The minimum Gasteiger partial charge on any atom is -0.286 e. The first-order valence-corrected chi connectivity index (χ1v) is 5.73. The molecule has 6 heteroatoms. The van der Waals surface area contributed by atoms with Crippen LogP contribution >= 0.6 is 11.6 Å². The van der Waals surface area contributed by atoms with Crippen molar-refractivity contribution >= 4 is 11.6 Å². The zero-order valence-corrected chi connectivity index (χ0v) is 9.80. The normalized spacial score (nSPS) is 16.5. The molecule has 1 fully saturated rings. The lowest BCUT2D eigenvalue weighted by Crippen LogP contribution is -2.35. The second-order valence-corrected chi connectivity index (χ2v) is 4.65. The average molecular weight is 265 g/mol. The van der Waals surface area contributed by atoms with Crippen LogP contribution in [0.1, 0.15) is 18.5 Å². The highest BCUT2D eigenvalue weighted by molar-refractivity contribution is 6.30. The van der Waals surface area contributed by atoms with E-state index in [9.17, 15) is 13.2 Å². The zero-order chi connectivity index (χ0) is 12.5. The Balaban J connectivity index is 2.02. The molecule has 0 atom stereocenters. The molecule has 0 aliphatic heterocycles. The molecule has 2 nitrogen and oxygen atoms in total. The fraction of sp³-hybridized carbons (Fsp3) is 0.545. The molecule has 0 bridgehead atoms. The highest BCUT2D eigenvalue weighted by Gasteiger charge is 2.38. The Morgan fingerprint density at radius 3 is 2.65 bits per heavy atom. The quantitative estimate of drug-likeness (QED) is 0.830. The molecular weight excluding hydrogens is 253 g/mol. The Morgan fingerprint density at radius 2 is 2.12 bits per heavy atom. The van der Waals surface area contributed by atoms with Crippen LogP contribution in [0, 0.1) is 0 Å². The van der Waals surface area contributed by atoms with E-state index in [2.05, 4.69) is 4.98 Å². The third-order valence-electron chi connectivity index (χ3n) is 2.59. The van der Waals surface area contributed by atoms with Gasteiger partial charge >= 0.3 is 6.18 Å². The van der Waals surface area contributed by atoms with E-state index in [1.54, 1.807) is 12.1 Å². The number of rotatable bonds is 4. The number of hydrogen-bond acceptors (Lipinski definition) is 2. The van der Waals surface area contributed by atoms with E-state index in [0.717, 1.165) is 12.8 Å². The second kappa shape index (κ2) is 4.82. The molecule has 0 unspecified atom stereocenters. The van der Waals surface area contributed by atoms with Crippen molar-refractivity contribution in [1.82, 2.24) is 9.88 Å². The van der Waals surface area contributed by atoms with Crippen molar-refractivity contribution in [2.75, 3.05) is 6.54 Å². The first-order valence-electron chi connectivity index (χ1n) is 5.35. The van der Waals surface area contributed by atoms with E-state index in [-0.39, 0.29) is 12.6 Å². The van der Waals surface area contributed by atoms with Crippen LogP contribution in [0.5, 0.6) is 0 Å². The summed E-state index contributed by atoms with van der Waals surface area (Å²) in [7, 11) is 0. The van der Waals surface area contributed by atoms with E-state index in [4.69, 9.17) is 11.6 Å². The van der Waals surface area contributed by atoms with E-state index < -0.39 is 12.7 Å². The van der Waals surface area contributed by atoms with E-state index in [0.29, 0.717) is 10.7 Å². The van der Waals surface area contributed by atoms with Gasteiger partial charge in [0.15, 0.2) is 0 Å². The predicted molar refractivity (Wildman–Crippen MR) is 58.7 cm³/mol. The van der Waals surface area contributed by atoms with Crippen LogP contribution in [0.3, 0.4) is 0 Å². The van der Waals surface area contributed by atoms with Crippen LogP contribution in [0.15, 0.2) is 18.3 Å². The molecule has 2 rings (SSSR count). The highest BCUT2D eigenvalue weighted by Crippen LogP contribution is 2.31. The van der Waals surface area contributed by atoms with Crippen LogP contribution in [-0.2, 0) is 6.54 Å². The number of aromatic nitrogens is 1. The van der Waals surface area contributed by atoms with Crippen molar-refractivity contribution in [2.24, 2.45) is 0 Å². The summed E-state index contributed by atoms with van der Waals surface area (Å²) in [4.78, 5) is 5.44. The Morgan fingerprint density at radius 1 is 1.41 bits per heavy atom. The summed E-state index contributed by atoms with van der Waals surface area (Å²) in [6.45, 7) is -0.684. The fourth-order valence-electron chi connectivity index (χ4n) is 1.73. The highest BCUT2D eigenvalue weighted by atomic mass is 35.5. The van der Waals surface area contributed by atoms with Gasteiger partial charge in [-0.1, -0.05) is 11.6 Å². The zero-order valence-electron chi connectivity index (χ0n) is 9.04. The minimum atomic E-state index is -4.17. The topological polar surface area (TPSA) is 16.1 Å². The number of pyridine rings is 1. The van der Waals surface area contributed by atoms with Gasteiger partial charge in [0, 0.05) is 23.8 Å². The molecule has 94 valence electrons. The summed E-state index contributed by atoms with van der Waals surface area (Å²) < 4.78 is 37.2. The van der Waals surface area contributed by atoms with Crippen molar-refractivity contribution < 1.29 is 13.2 Å². The largest absolute Gasteiger partial charge is 0.401 e. The van der Waals surface area contributed by atoms with Crippen LogP contribution in [0.2, 0.25) is 5.02 Å². The molecule has 0 N–H and O–H groups in total. The monoisotopic (exact) mass is 264 g/mol. The Hall–Kier alpha value is -0.810. The molecule has 1 heterocycles. The predicted octanol–water partition coefficient (Wildman–Crippen LogP) is 3.26. The Kier molecular flexibility index (Phi) is 3.58. The summed E-state index contributed by atoms with van der Waals surface area (Å²) in [5.74, 6) is 0. The Bertz CT molecular complexity index is 391. The number of hydrogen-bond donors (Lipinski definition) is 0. The van der Waals surface area contributed by atoms with Crippen LogP contribution in [0.25, 0.3) is 0 Å². The van der Waals surface area contributed by atoms with Crippen molar-refractivity contribution in [1.29, 1.82) is 0 Å². The smallest absolute Gasteiger partial charge is 0.286 e. The third-order valence-corrected chi connectivity index (χ3v) is 2.82. The van der Waals surface area contributed by atoms with Crippen molar-refractivity contribution in [3.8, 4) is 0 Å². The summed E-state index contributed by atoms with van der Waals surface area (Å²) in [5, 5.41) is 0.498. The summed E-state index contributed by atoms with van der Waals surface area (Å²) in [5.41, 5.74) is 0.577. The number of halogens is 4. The molecule has 1 aromatic heterocycles. The molecule has 1 aliphatic rings. The van der Waals surface area contributed by atoms with Gasteiger partial charge in [0.1, 0.15) is 0 Å². The molecule has 0 amide bonds. The third kappa shape index (κ3) is 4.16. The molecule has 0 aromatic carbocycles.